The topological polar surface area (TPSA) is 81.9 Å². The Labute approximate surface area is 151 Å². The molecule has 26 heavy (non-hydrogen) atoms. The van der Waals surface area contributed by atoms with Gasteiger partial charge in [-0.25, -0.2) is 0 Å². The Kier molecular flexibility index (Phi) is 4.12. The summed E-state index contributed by atoms with van der Waals surface area (Å²) >= 11 is 0. The van der Waals surface area contributed by atoms with E-state index < -0.39 is 0 Å². The zero-order valence-electron chi connectivity index (χ0n) is 14.6. The molecule has 0 spiro atoms. The van der Waals surface area contributed by atoms with Crippen molar-refractivity contribution in [3.63, 3.8) is 0 Å². The number of ether oxygens (including phenoxy) is 1. The zero-order valence-corrected chi connectivity index (χ0v) is 14.6. The molecule has 4 rings (SSSR count). The Morgan fingerprint density at radius 3 is 2.73 bits per heavy atom. The van der Waals surface area contributed by atoms with Gasteiger partial charge < -0.3 is 10.1 Å². The van der Waals surface area contributed by atoms with E-state index >= 15 is 0 Å². The van der Waals surface area contributed by atoms with Gasteiger partial charge in [-0.05, 0) is 53.5 Å². The van der Waals surface area contributed by atoms with Crippen molar-refractivity contribution in [2.45, 2.75) is 19.3 Å². The number of carbonyl (C=O) groups is 1. The highest BCUT2D eigenvalue weighted by Gasteiger charge is 2.43. The lowest BCUT2D eigenvalue weighted by atomic mass is 10.1. The molecule has 1 heterocycles. The highest BCUT2D eigenvalue weighted by Crippen LogP contribution is 2.48. The first kappa shape index (κ1) is 16.3. The molecule has 3 aromatic rings. The van der Waals surface area contributed by atoms with Crippen LogP contribution in [0.5, 0.6) is 5.75 Å². The minimum absolute atomic E-state index is 0.0118. The van der Waals surface area contributed by atoms with Crippen LogP contribution >= 0.6 is 0 Å². The van der Waals surface area contributed by atoms with Gasteiger partial charge in [0, 0.05) is 11.6 Å². The number of carbonyl (C=O) groups excluding carboxylic acids is 1. The Morgan fingerprint density at radius 2 is 2.04 bits per heavy atom. The second-order valence-electron chi connectivity index (χ2n) is 6.37. The molecule has 1 aliphatic carbocycles. The lowest BCUT2D eigenvalue weighted by Crippen LogP contribution is -2.15. The third-order valence-electron chi connectivity index (χ3n) is 4.65. The van der Waals surface area contributed by atoms with Crippen molar-refractivity contribution >= 4 is 11.6 Å². The number of tetrazole rings is 1. The van der Waals surface area contributed by atoms with Gasteiger partial charge in [0.2, 0.25) is 5.91 Å². The fraction of sp³-hybridized carbons (Fsp3) is 0.263. The van der Waals surface area contributed by atoms with E-state index in [2.05, 4.69) is 33.0 Å². The van der Waals surface area contributed by atoms with Gasteiger partial charge in [0.1, 0.15) is 11.4 Å². The second kappa shape index (κ2) is 6.59. The number of hydrogen-bond donors (Lipinski definition) is 1. The van der Waals surface area contributed by atoms with E-state index in [4.69, 9.17) is 4.74 Å². The molecular weight excluding hydrogens is 330 g/mol. The van der Waals surface area contributed by atoms with Gasteiger partial charge in [0.15, 0.2) is 5.82 Å². The summed E-state index contributed by atoms with van der Waals surface area (Å²) in [5.74, 6) is 1.61. The van der Waals surface area contributed by atoms with E-state index in [1.807, 2.05) is 30.3 Å². The van der Waals surface area contributed by atoms with E-state index in [-0.39, 0.29) is 11.8 Å². The number of nitrogens with one attached hydrogen (secondary N) is 1. The van der Waals surface area contributed by atoms with Crippen molar-refractivity contribution in [2.75, 3.05) is 12.4 Å². The number of nitrogens with zero attached hydrogens (tertiary/aromatic N) is 4. The monoisotopic (exact) mass is 349 g/mol. The maximum atomic E-state index is 12.6. The first-order valence-corrected chi connectivity index (χ1v) is 8.46. The average molecular weight is 349 g/mol. The lowest BCUT2D eigenvalue weighted by molar-refractivity contribution is -0.117. The number of aromatic nitrogens is 4. The number of methoxy groups -OCH3 is 1. The minimum atomic E-state index is 0.0118. The van der Waals surface area contributed by atoms with Gasteiger partial charge in [0.25, 0.3) is 0 Å². The SMILES string of the molecule is COc1ccc(NC(=O)[C@H]2C[C@@H]2c2ccccc2)cc1-n1nnnc1C. The predicted octanol–water partition coefficient (Wildman–Crippen LogP) is 2.72. The third-order valence-corrected chi connectivity index (χ3v) is 4.65. The molecule has 7 heteroatoms. The average Bonchev–Trinajstić information content (AvgIpc) is 3.37. The molecule has 0 saturated heterocycles. The molecule has 0 aliphatic heterocycles. The minimum Gasteiger partial charge on any atom is -0.494 e. The number of benzene rings is 2. The molecule has 132 valence electrons. The predicted molar refractivity (Wildman–Crippen MR) is 96.4 cm³/mol. The summed E-state index contributed by atoms with van der Waals surface area (Å²) in [5, 5.41) is 14.5. The van der Waals surface area contributed by atoms with Crippen molar-refractivity contribution in [3.05, 3.63) is 59.9 Å². The fourth-order valence-electron chi connectivity index (χ4n) is 3.18. The van der Waals surface area contributed by atoms with Gasteiger partial charge in [-0.15, -0.1) is 5.10 Å². The molecule has 1 saturated carbocycles. The van der Waals surface area contributed by atoms with E-state index in [0.717, 1.165) is 6.42 Å². The van der Waals surface area contributed by atoms with Gasteiger partial charge in [-0.3, -0.25) is 4.79 Å². The standard InChI is InChI=1S/C19H19N5O2/c1-12-21-22-23-24(12)17-10-14(8-9-18(17)26-2)20-19(25)16-11-15(16)13-6-4-3-5-7-13/h3-10,15-16H,11H2,1-2H3,(H,20,25)/t15-,16+/m1/s1. The maximum absolute atomic E-state index is 12.6. The Bertz CT molecular complexity index is 938. The Morgan fingerprint density at radius 1 is 1.23 bits per heavy atom. The summed E-state index contributed by atoms with van der Waals surface area (Å²) in [6, 6.07) is 15.6. The summed E-state index contributed by atoms with van der Waals surface area (Å²) in [6.07, 6.45) is 0.880. The maximum Gasteiger partial charge on any atom is 0.228 e. The largest absolute Gasteiger partial charge is 0.494 e. The van der Waals surface area contributed by atoms with Gasteiger partial charge in [0.05, 0.1) is 7.11 Å². The first-order valence-electron chi connectivity index (χ1n) is 8.46. The van der Waals surface area contributed by atoms with E-state index in [9.17, 15) is 4.79 Å². The molecule has 0 unspecified atom stereocenters. The van der Waals surface area contributed by atoms with Crippen molar-refractivity contribution in [3.8, 4) is 11.4 Å². The van der Waals surface area contributed by atoms with Crippen molar-refractivity contribution in [2.24, 2.45) is 5.92 Å². The van der Waals surface area contributed by atoms with Crippen LogP contribution in [0.2, 0.25) is 0 Å². The van der Waals surface area contributed by atoms with Crippen LogP contribution in [-0.2, 0) is 4.79 Å². The van der Waals surface area contributed by atoms with Crippen molar-refractivity contribution in [1.82, 2.24) is 20.2 Å². The second-order valence-corrected chi connectivity index (χ2v) is 6.37. The summed E-state index contributed by atoms with van der Waals surface area (Å²) < 4.78 is 6.97. The number of anilines is 1. The molecule has 1 aliphatic rings. The van der Waals surface area contributed by atoms with E-state index in [0.29, 0.717) is 28.9 Å². The highest BCUT2D eigenvalue weighted by atomic mass is 16.5. The van der Waals surface area contributed by atoms with Crippen LogP contribution in [0, 0.1) is 12.8 Å². The summed E-state index contributed by atoms with van der Waals surface area (Å²) in [7, 11) is 1.59. The van der Waals surface area contributed by atoms with E-state index in [1.54, 1.807) is 24.8 Å². The number of amides is 1. The third kappa shape index (κ3) is 3.03. The quantitative estimate of drug-likeness (QED) is 0.766. The Balaban J connectivity index is 1.52. The van der Waals surface area contributed by atoms with Gasteiger partial charge >= 0.3 is 0 Å². The number of rotatable bonds is 5. The van der Waals surface area contributed by atoms with Crippen LogP contribution < -0.4 is 10.1 Å². The molecule has 1 aromatic heterocycles. The highest BCUT2D eigenvalue weighted by molar-refractivity contribution is 5.95. The van der Waals surface area contributed by atoms with Crippen LogP contribution in [0.15, 0.2) is 48.5 Å². The molecule has 0 radical (unpaired) electrons. The molecule has 1 N–H and O–H groups in total. The van der Waals surface area contributed by atoms with Crippen LogP contribution in [0.3, 0.4) is 0 Å². The summed E-state index contributed by atoms with van der Waals surface area (Å²) in [5.41, 5.74) is 2.59. The number of aryl methyl sites for hydroxylation is 1. The Hall–Kier alpha value is -3.22. The molecule has 1 amide bonds. The zero-order chi connectivity index (χ0) is 18.1. The smallest absolute Gasteiger partial charge is 0.228 e. The van der Waals surface area contributed by atoms with Crippen LogP contribution in [0.25, 0.3) is 5.69 Å². The van der Waals surface area contributed by atoms with Gasteiger partial charge in [-0.1, -0.05) is 30.3 Å². The summed E-state index contributed by atoms with van der Waals surface area (Å²) in [6.45, 7) is 1.80. The van der Waals surface area contributed by atoms with Crippen molar-refractivity contribution in [1.29, 1.82) is 0 Å². The molecule has 0 bridgehead atoms. The molecule has 2 atom stereocenters. The van der Waals surface area contributed by atoms with Crippen LogP contribution in [0.1, 0.15) is 23.7 Å². The molecule has 7 nitrogen and oxygen atoms in total. The molecule has 1 fully saturated rings. The molecule has 2 aromatic carbocycles. The van der Waals surface area contributed by atoms with Crippen LogP contribution in [0.4, 0.5) is 5.69 Å². The molecular formula is C19H19N5O2. The van der Waals surface area contributed by atoms with E-state index in [1.165, 1.54) is 5.56 Å². The lowest BCUT2D eigenvalue weighted by Gasteiger charge is -2.12. The fourth-order valence-corrected chi connectivity index (χ4v) is 3.18. The van der Waals surface area contributed by atoms with Gasteiger partial charge in [-0.2, -0.15) is 4.68 Å². The van der Waals surface area contributed by atoms with Crippen molar-refractivity contribution < 1.29 is 9.53 Å². The van der Waals surface area contributed by atoms with Crippen LogP contribution in [-0.4, -0.2) is 33.2 Å². The summed E-state index contributed by atoms with van der Waals surface area (Å²) in [4.78, 5) is 12.6. The number of hydrogen-bond acceptors (Lipinski definition) is 5. The first-order chi connectivity index (χ1) is 12.7. The normalized spacial score (nSPS) is 18.4.